The van der Waals surface area contributed by atoms with E-state index < -0.39 is 0 Å². The summed E-state index contributed by atoms with van der Waals surface area (Å²) in [4.78, 5) is 13.1. The Labute approximate surface area is 137 Å². The normalized spacial score (nSPS) is 10.2. The fourth-order valence-electron chi connectivity index (χ4n) is 2.12. The molecule has 1 N–H and O–H groups in total. The monoisotopic (exact) mass is 322 g/mol. The summed E-state index contributed by atoms with van der Waals surface area (Å²) in [6.45, 7) is 1.10. The number of nitriles is 1. The van der Waals surface area contributed by atoms with Crippen LogP contribution in [0.1, 0.15) is 15.9 Å². The van der Waals surface area contributed by atoms with Gasteiger partial charge in [0.2, 0.25) is 0 Å². The summed E-state index contributed by atoms with van der Waals surface area (Å²) in [5.41, 5.74) is 2.03. The molecule has 0 saturated carbocycles. The lowest BCUT2D eigenvalue weighted by Crippen LogP contribution is -2.27. The van der Waals surface area contributed by atoms with Gasteiger partial charge in [-0.2, -0.15) is 10.4 Å². The van der Waals surface area contributed by atoms with Crippen molar-refractivity contribution in [1.29, 1.82) is 5.26 Å². The second kappa shape index (κ2) is 6.90. The van der Waals surface area contributed by atoms with Crippen LogP contribution in [-0.2, 0) is 6.54 Å². The van der Waals surface area contributed by atoms with Crippen LogP contribution < -0.4 is 5.32 Å². The molecule has 0 unspecified atom stereocenters. The first-order valence-corrected chi connectivity index (χ1v) is 8.00. The summed E-state index contributed by atoms with van der Waals surface area (Å²) < 4.78 is 1.81. The summed E-state index contributed by atoms with van der Waals surface area (Å²) in [5, 5.41) is 18.1. The predicted octanol–water partition coefficient (Wildman–Crippen LogP) is 2.91. The second-order valence-corrected chi connectivity index (χ2v) is 5.83. The van der Waals surface area contributed by atoms with Gasteiger partial charge in [-0.05, 0) is 41.8 Å². The maximum absolute atomic E-state index is 12.0. The molecule has 114 valence electrons. The molecule has 5 nitrogen and oxygen atoms in total. The summed E-state index contributed by atoms with van der Waals surface area (Å²) in [7, 11) is 0. The number of hydrogen-bond donors (Lipinski definition) is 1. The van der Waals surface area contributed by atoms with Gasteiger partial charge in [0.15, 0.2) is 0 Å². The molecule has 1 aromatic carbocycles. The number of aromatic nitrogens is 2. The fourth-order valence-corrected chi connectivity index (χ4v) is 2.81. The van der Waals surface area contributed by atoms with Gasteiger partial charge in [-0.25, -0.2) is 0 Å². The number of nitrogens with zero attached hydrogens (tertiary/aromatic N) is 3. The van der Waals surface area contributed by atoms with Gasteiger partial charge in [-0.15, -0.1) is 11.3 Å². The van der Waals surface area contributed by atoms with Crippen LogP contribution in [0.4, 0.5) is 0 Å². The zero-order valence-corrected chi connectivity index (χ0v) is 13.1. The zero-order valence-electron chi connectivity index (χ0n) is 12.3. The topological polar surface area (TPSA) is 70.7 Å². The van der Waals surface area contributed by atoms with E-state index in [0.29, 0.717) is 24.2 Å². The molecule has 3 aromatic rings. The molecule has 6 heteroatoms. The number of carbonyl (C=O) groups is 1. The molecular formula is C17H14N4OS. The van der Waals surface area contributed by atoms with E-state index in [1.165, 1.54) is 0 Å². The standard InChI is InChI=1S/C17H14N4OS/c18-12-13-3-5-14(6-4-13)17(22)19-8-10-21-9-7-15(20-21)16-2-1-11-23-16/h1-7,9,11H,8,10H2,(H,19,22). The van der Waals surface area contributed by atoms with Crippen LogP contribution in [0, 0.1) is 11.3 Å². The van der Waals surface area contributed by atoms with Gasteiger partial charge in [0, 0.05) is 18.3 Å². The van der Waals surface area contributed by atoms with Gasteiger partial charge in [0.1, 0.15) is 5.69 Å². The number of nitrogens with one attached hydrogen (secondary N) is 1. The zero-order chi connectivity index (χ0) is 16.1. The average molecular weight is 322 g/mol. The molecule has 2 aromatic heterocycles. The highest BCUT2D eigenvalue weighted by Crippen LogP contribution is 2.22. The summed E-state index contributed by atoms with van der Waals surface area (Å²) in [6, 6.07) is 14.6. The Morgan fingerprint density at radius 3 is 2.78 bits per heavy atom. The number of hydrogen-bond acceptors (Lipinski definition) is 4. The highest BCUT2D eigenvalue weighted by Gasteiger charge is 2.06. The molecule has 0 aliphatic heterocycles. The average Bonchev–Trinajstić information content (AvgIpc) is 3.26. The minimum Gasteiger partial charge on any atom is -0.350 e. The van der Waals surface area contributed by atoms with Crippen molar-refractivity contribution in [3.05, 3.63) is 65.2 Å². The first-order chi connectivity index (χ1) is 11.3. The van der Waals surface area contributed by atoms with E-state index in [1.807, 2.05) is 40.5 Å². The van der Waals surface area contributed by atoms with Crippen LogP contribution in [0.2, 0.25) is 0 Å². The lowest BCUT2D eigenvalue weighted by atomic mass is 10.1. The third kappa shape index (κ3) is 3.65. The largest absolute Gasteiger partial charge is 0.350 e. The van der Waals surface area contributed by atoms with Crippen molar-refractivity contribution in [2.45, 2.75) is 6.54 Å². The Morgan fingerprint density at radius 1 is 1.26 bits per heavy atom. The maximum atomic E-state index is 12.0. The van der Waals surface area contributed by atoms with E-state index in [9.17, 15) is 4.79 Å². The fraction of sp³-hybridized carbons (Fsp3) is 0.118. The van der Waals surface area contributed by atoms with Crippen LogP contribution in [0.5, 0.6) is 0 Å². The summed E-state index contributed by atoms with van der Waals surface area (Å²) >= 11 is 1.65. The van der Waals surface area contributed by atoms with E-state index in [0.717, 1.165) is 10.6 Å². The van der Waals surface area contributed by atoms with Gasteiger partial charge in [-0.1, -0.05) is 6.07 Å². The van der Waals surface area contributed by atoms with Crippen molar-refractivity contribution < 1.29 is 4.79 Å². The second-order valence-electron chi connectivity index (χ2n) is 4.89. The minimum absolute atomic E-state index is 0.153. The molecule has 2 heterocycles. The van der Waals surface area contributed by atoms with Crippen molar-refractivity contribution in [3.63, 3.8) is 0 Å². The SMILES string of the molecule is N#Cc1ccc(C(=O)NCCn2ccc(-c3cccs3)n2)cc1. The number of rotatable bonds is 5. The quantitative estimate of drug-likeness (QED) is 0.785. The Hall–Kier alpha value is -2.91. The van der Waals surface area contributed by atoms with Gasteiger partial charge in [0.25, 0.3) is 5.91 Å². The number of carbonyl (C=O) groups excluding carboxylic acids is 1. The van der Waals surface area contributed by atoms with E-state index in [2.05, 4.69) is 10.4 Å². The number of thiophene rings is 1. The van der Waals surface area contributed by atoms with Crippen LogP contribution >= 0.6 is 11.3 Å². The Morgan fingerprint density at radius 2 is 2.09 bits per heavy atom. The Balaban J connectivity index is 1.53. The van der Waals surface area contributed by atoms with Crippen molar-refractivity contribution in [2.24, 2.45) is 0 Å². The van der Waals surface area contributed by atoms with Crippen molar-refractivity contribution >= 4 is 17.2 Å². The molecule has 0 bridgehead atoms. The first kappa shape index (κ1) is 15.0. The first-order valence-electron chi connectivity index (χ1n) is 7.12. The molecule has 0 aliphatic rings. The number of amides is 1. The Kier molecular flexibility index (Phi) is 4.50. The smallest absolute Gasteiger partial charge is 0.251 e. The van der Waals surface area contributed by atoms with E-state index in [4.69, 9.17) is 5.26 Å². The molecule has 1 amide bonds. The van der Waals surface area contributed by atoms with Crippen LogP contribution in [0.3, 0.4) is 0 Å². The third-order valence-corrected chi connectivity index (χ3v) is 4.21. The molecule has 3 rings (SSSR count). The molecule has 0 saturated heterocycles. The molecule has 0 fully saturated rings. The minimum atomic E-state index is -0.153. The molecule has 0 radical (unpaired) electrons. The van der Waals surface area contributed by atoms with E-state index in [1.54, 1.807) is 35.6 Å². The van der Waals surface area contributed by atoms with Crippen LogP contribution in [-0.4, -0.2) is 22.2 Å². The summed E-state index contributed by atoms with van der Waals surface area (Å²) in [5.74, 6) is -0.153. The van der Waals surface area contributed by atoms with E-state index in [-0.39, 0.29) is 5.91 Å². The molecule has 0 aliphatic carbocycles. The van der Waals surface area contributed by atoms with E-state index >= 15 is 0 Å². The van der Waals surface area contributed by atoms with Gasteiger partial charge >= 0.3 is 0 Å². The highest BCUT2D eigenvalue weighted by atomic mass is 32.1. The maximum Gasteiger partial charge on any atom is 0.251 e. The lowest BCUT2D eigenvalue weighted by molar-refractivity contribution is 0.0952. The number of benzene rings is 1. The van der Waals surface area contributed by atoms with Crippen LogP contribution in [0.25, 0.3) is 10.6 Å². The highest BCUT2D eigenvalue weighted by molar-refractivity contribution is 7.13. The molecule has 0 atom stereocenters. The molecular weight excluding hydrogens is 308 g/mol. The molecule has 23 heavy (non-hydrogen) atoms. The predicted molar refractivity (Wildman–Crippen MR) is 89.0 cm³/mol. The Bertz CT molecular complexity index is 828. The third-order valence-electron chi connectivity index (χ3n) is 3.32. The van der Waals surface area contributed by atoms with Gasteiger partial charge in [-0.3, -0.25) is 9.48 Å². The van der Waals surface area contributed by atoms with Gasteiger partial charge < -0.3 is 5.32 Å². The summed E-state index contributed by atoms with van der Waals surface area (Å²) in [6.07, 6.45) is 1.91. The molecule has 0 spiro atoms. The van der Waals surface area contributed by atoms with Crippen molar-refractivity contribution in [1.82, 2.24) is 15.1 Å². The lowest BCUT2D eigenvalue weighted by Gasteiger charge is -2.05. The van der Waals surface area contributed by atoms with Crippen molar-refractivity contribution in [2.75, 3.05) is 6.54 Å². The van der Waals surface area contributed by atoms with Crippen molar-refractivity contribution in [3.8, 4) is 16.6 Å². The van der Waals surface area contributed by atoms with Gasteiger partial charge in [0.05, 0.1) is 23.1 Å². The van der Waals surface area contributed by atoms with Crippen LogP contribution in [0.15, 0.2) is 54.0 Å².